The molecule has 1 unspecified atom stereocenters. The van der Waals surface area contributed by atoms with Gasteiger partial charge in [0.05, 0.1) is 9.92 Å². The van der Waals surface area contributed by atoms with Crippen LogP contribution < -0.4 is 5.32 Å². The van der Waals surface area contributed by atoms with Crippen molar-refractivity contribution in [1.29, 1.82) is 0 Å². The molecule has 0 spiro atoms. The SMILES string of the molecule is CS(=O)(=O)c1ccc(C(=CC2C[C@@H](F)[C@@H](F)C2)C(=O)Nc2ccc(Cl)cn2)cc1. The number of nitrogens with one attached hydrogen (secondary N) is 1. The van der Waals surface area contributed by atoms with Crippen LogP contribution >= 0.6 is 11.6 Å². The van der Waals surface area contributed by atoms with Gasteiger partial charge in [0, 0.05) is 18.0 Å². The first-order valence-corrected chi connectivity index (χ1v) is 11.1. The second kappa shape index (κ2) is 8.59. The number of hydrogen-bond acceptors (Lipinski definition) is 4. The van der Waals surface area contributed by atoms with Crippen LogP contribution in [-0.4, -0.2) is 37.9 Å². The van der Waals surface area contributed by atoms with Gasteiger partial charge in [-0.15, -0.1) is 0 Å². The van der Waals surface area contributed by atoms with Crippen LogP contribution in [0.2, 0.25) is 5.02 Å². The van der Waals surface area contributed by atoms with Crippen LogP contribution in [0.4, 0.5) is 14.6 Å². The Kier molecular flexibility index (Phi) is 6.33. The zero-order valence-electron chi connectivity index (χ0n) is 15.5. The number of pyridine rings is 1. The van der Waals surface area contributed by atoms with Crippen molar-refractivity contribution >= 4 is 38.7 Å². The lowest BCUT2D eigenvalue weighted by Gasteiger charge is -2.12. The third-order valence-corrected chi connectivity index (χ3v) is 6.01. The lowest BCUT2D eigenvalue weighted by molar-refractivity contribution is -0.111. The number of benzene rings is 1. The van der Waals surface area contributed by atoms with Gasteiger partial charge in [-0.1, -0.05) is 29.8 Å². The van der Waals surface area contributed by atoms with Gasteiger partial charge in [0.25, 0.3) is 5.91 Å². The number of amides is 1. The number of anilines is 1. The molecule has 2 aromatic rings. The van der Waals surface area contributed by atoms with E-state index in [-0.39, 0.29) is 29.1 Å². The van der Waals surface area contributed by atoms with Crippen LogP contribution in [0.15, 0.2) is 53.6 Å². The van der Waals surface area contributed by atoms with Crippen LogP contribution in [0.1, 0.15) is 18.4 Å². The van der Waals surface area contributed by atoms with E-state index >= 15 is 0 Å². The zero-order valence-corrected chi connectivity index (χ0v) is 17.1. The van der Waals surface area contributed by atoms with Crippen LogP contribution in [-0.2, 0) is 14.6 Å². The number of carbonyl (C=O) groups is 1. The van der Waals surface area contributed by atoms with Gasteiger partial charge in [-0.25, -0.2) is 22.2 Å². The van der Waals surface area contributed by atoms with Gasteiger partial charge >= 0.3 is 0 Å². The summed E-state index contributed by atoms with van der Waals surface area (Å²) in [5.41, 5.74) is 0.620. The molecule has 1 aromatic carbocycles. The maximum atomic E-state index is 13.6. The van der Waals surface area contributed by atoms with Crippen molar-refractivity contribution in [3.05, 3.63) is 59.3 Å². The fourth-order valence-electron chi connectivity index (χ4n) is 3.16. The van der Waals surface area contributed by atoms with Crippen molar-refractivity contribution in [2.75, 3.05) is 11.6 Å². The summed E-state index contributed by atoms with van der Waals surface area (Å²) in [6.45, 7) is 0. The van der Waals surface area contributed by atoms with Crippen LogP contribution in [0.25, 0.3) is 5.57 Å². The summed E-state index contributed by atoms with van der Waals surface area (Å²) < 4.78 is 50.5. The van der Waals surface area contributed by atoms with E-state index in [2.05, 4.69) is 10.3 Å². The van der Waals surface area contributed by atoms with Crippen molar-refractivity contribution in [1.82, 2.24) is 4.98 Å². The lowest BCUT2D eigenvalue weighted by Crippen LogP contribution is -2.15. The highest BCUT2D eigenvalue weighted by atomic mass is 35.5. The summed E-state index contributed by atoms with van der Waals surface area (Å²) in [5, 5.41) is 3.03. The first-order valence-electron chi connectivity index (χ1n) is 8.87. The Morgan fingerprint density at radius 1 is 1.14 bits per heavy atom. The first-order chi connectivity index (χ1) is 13.6. The number of sulfone groups is 1. The molecule has 0 bridgehead atoms. The molecule has 5 nitrogen and oxygen atoms in total. The van der Waals surface area contributed by atoms with Gasteiger partial charge in [0.1, 0.15) is 18.2 Å². The van der Waals surface area contributed by atoms with Crippen molar-refractivity contribution in [2.45, 2.75) is 30.1 Å². The maximum Gasteiger partial charge on any atom is 0.257 e. The number of alkyl halides is 2. The molecule has 1 aromatic heterocycles. The molecule has 0 saturated heterocycles. The van der Waals surface area contributed by atoms with Gasteiger partial charge in [-0.3, -0.25) is 4.79 Å². The zero-order chi connectivity index (χ0) is 21.2. The molecule has 0 aliphatic heterocycles. The molecule has 3 atom stereocenters. The Morgan fingerprint density at radius 3 is 2.28 bits per heavy atom. The minimum absolute atomic E-state index is 0.0153. The van der Waals surface area contributed by atoms with Crippen molar-refractivity contribution < 1.29 is 22.0 Å². The molecule has 1 aliphatic carbocycles. The normalized spacial score (nSPS) is 22.5. The van der Waals surface area contributed by atoms with Crippen LogP contribution in [0.5, 0.6) is 0 Å². The summed E-state index contributed by atoms with van der Waals surface area (Å²) >= 11 is 5.79. The topological polar surface area (TPSA) is 76.1 Å². The van der Waals surface area contributed by atoms with Gasteiger partial charge in [-0.2, -0.15) is 0 Å². The van der Waals surface area contributed by atoms with Gasteiger partial charge in [0.15, 0.2) is 9.84 Å². The molecule has 1 N–H and O–H groups in total. The molecule has 29 heavy (non-hydrogen) atoms. The molecule has 1 heterocycles. The number of allylic oxidation sites excluding steroid dienone is 1. The molecule has 1 fully saturated rings. The number of aromatic nitrogens is 1. The van der Waals surface area contributed by atoms with Crippen molar-refractivity contribution in [2.24, 2.45) is 5.92 Å². The molecule has 0 radical (unpaired) electrons. The maximum absolute atomic E-state index is 13.6. The summed E-state index contributed by atoms with van der Waals surface area (Å²) in [5.74, 6) is -0.714. The van der Waals surface area contributed by atoms with E-state index in [0.29, 0.717) is 10.6 Å². The highest BCUT2D eigenvalue weighted by Gasteiger charge is 2.34. The predicted octanol–water partition coefficient (Wildman–Crippen LogP) is 4.25. The van der Waals surface area contributed by atoms with Crippen LogP contribution in [0.3, 0.4) is 0 Å². The highest BCUT2D eigenvalue weighted by Crippen LogP contribution is 2.34. The third-order valence-electron chi connectivity index (χ3n) is 4.66. The molecular formula is C20H19ClF2N2O3S. The fraction of sp³-hybridized carbons (Fsp3) is 0.300. The Balaban J connectivity index is 1.93. The number of hydrogen-bond donors (Lipinski definition) is 1. The monoisotopic (exact) mass is 440 g/mol. The van der Waals surface area contributed by atoms with Gasteiger partial charge in [0.2, 0.25) is 0 Å². The van der Waals surface area contributed by atoms with E-state index in [0.717, 1.165) is 6.26 Å². The Labute approximate surface area is 172 Å². The molecule has 3 rings (SSSR count). The first kappa shape index (κ1) is 21.4. The largest absolute Gasteiger partial charge is 0.307 e. The predicted molar refractivity (Wildman–Crippen MR) is 108 cm³/mol. The minimum Gasteiger partial charge on any atom is -0.307 e. The smallest absolute Gasteiger partial charge is 0.257 e. The van der Waals surface area contributed by atoms with Crippen LogP contribution in [0, 0.1) is 5.92 Å². The van der Waals surface area contributed by atoms with E-state index in [1.54, 1.807) is 6.07 Å². The lowest BCUT2D eigenvalue weighted by atomic mass is 9.98. The number of nitrogens with zero attached hydrogens (tertiary/aromatic N) is 1. The molecular weight excluding hydrogens is 422 g/mol. The van der Waals surface area contributed by atoms with E-state index in [9.17, 15) is 22.0 Å². The Bertz CT molecular complexity index is 1010. The third kappa shape index (κ3) is 5.39. The Hall–Kier alpha value is -2.32. The Morgan fingerprint density at radius 2 is 1.76 bits per heavy atom. The number of rotatable bonds is 5. The highest BCUT2D eigenvalue weighted by molar-refractivity contribution is 7.90. The van der Waals surface area contributed by atoms with Gasteiger partial charge < -0.3 is 5.32 Å². The number of carbonyl (C=O) groups excluding carboxylic acids is 1. The average molecular weight is 441 g/mol. The number of halogens is 3. The summed E-state index contributed by atoms with van der Waals surface area (Å²) in [4.78, 5) is 17.0. The summed E-state index contributed by atoms with van der Waals surface area (Å²) in [6.07, 6.45) is 0.834. The quantitative estimate of drug-likeness (QED) is 0.705. The summed E-state index contributed by atoms with van der Waals surface area (Å²) in [6, 6.07) is 8.84. The average Bonchev–Trinajstić information content (AvgIpc) is 2.98. The van der Waals surface area contributed by atoms with Crippen molar-refractivity contribution in [3.63, 3.8) is 0 Å². The molecule has 1 amide bonds. The second-order valence-electron chi connectivity index (χ2n) is 6.96. The molecule has 1 aliphatic rings. The van der Waals surface area contributed by atoms with E-state index in [1.165, 1.54) is 42.6 Å². The fourth-order valence-corrected chi connectivity index (χ4v) is 3.90. The van der Waals surface area contributed by atoms with Gasteiger partial charge in [-0.05, 0) is 48.6 Å². The molecule has 9 heteroatoms. The van der Waals surface area contributed by atoms with E-state index < -0.39 is 34.0 Å². The van der Waals surface area contributed by atoms with Crippen molar-refractivity contribution in [3.8, 4) is 0 Å². The second-order valence-corrected chi connectivity index (χ2v) is 9.41. The standard InChI is InChI=1S/C20H19ClF2N2O3S/c1-29(27,28)15-5-2-13(3-6-15)16(8-12-9-17(22)18(23)10-12)20(26)25-19-7-4-14(21)11-24-19/h2-8,11-12,17-18H,9-10H2,1H3,(H,24,25,26)/t12?,17-,18+. The van der Waals surface area contributed by atoms with E-state index in [1.807, 2.05) is 0 Å². The molecule has 154 valence electrons. The summed E-state index contributed by atoms with van der Waals surface area (Å²) in [7, 11) is -3.40. The minimum atomic E-state index is -3.40. The van der Waals surface area contributed by atoms with E-state index in [4.69, 9.17) is 11.6 Å². The molecule has 1 saturated carbocycles.